The molecular formula is C18H26FN. The van der Waals surface area contributed by atoms with E-state index in [4.69, 9.17) is 0 Å². The van der Waals surface area contributed by atoms with Gasteiger partial charge in [0.05, 0.1) is 0 Å². The van der Waals surface area contributed by atoms with E-state index in [0.29, 0.717) is 6.04 Å². The summed E-state index contributed by atoms with van der Waals surface area (Å²) in [5, 5.41) is 3.61. The number of halogens is 1. The zero-order valence-corrected chi connectivity index (χ0v) is 12.4. The molecule has 0 saturated heterocycles. The zero-order valence-electron chi connectivity index (χ0n) is 12.4. The number of fused-ring (bicyclic) bond motifs is 2. The Morgan fingerprint density at radius 1 is 1.30 bits per heavy atom. The minimum absolute atomic E-state index is 0.113. The fourth-order valence-corrected chi connectivity index (χ4v) is 4.51. The highest BCUT2D eigenvalue weighted by molar-refractivity contribution is 5.17. The van der Waals surface area contributed by atoms with Gasteiger partial charge in [0, 0.05) is 6.04 Å². The molecule has 2 bridgehead atoms. The van der Waals surface area contributed by atoms with Crippen LogP contribution in [0.2, 0.25) is 0 Å². The second kappa shape index (κ2) is 6.26. The second-order valence-electron chi connectivity index (χ2n) is 6.76. The van der Waals surface area contributed by atoms with E-state index in [0.717, 1.165) is 36.3 Å². The second-order valence-corrected chi connectivity index (χ2v) is 6.76. The van der Waals surface area contributed by atoms with Crippen molar-refractivity contribution in [3.8, 4) is 0 Å². The van der Waals surface area contributed by atoms with Crippen LogP contribution in [0, 0.1) is 23.6 Å². The first kappa shape index (κ1) is 14.1. The minimum Gasteiger partial charge on any atom is -0.314 e. The van der Waals surface area contributed by atoms with Crippen LogP contribution in [0.5, 0.6) is 0 Å². The van der Waals surface area contributed by atoms with Gasteiger partial charge < -0.3 is 5.32 Å². The van der Waals surface area contributed by atoms with Crippen LogP contribution in [-0.2, 0) is 6.42 Å². The molecule has 110 valence electrons. The molecule has 1 aromatic rings. The minimum atomic E-state index is -0.113. The van der Waals surface area contributed by atoms with Gasteiger partial charge in [0.15, 0.2) is 0 Å². The summed E-state index contributed by atoms with van der Waals surface area (Å²) >= 11 is 0. The van der Waals surface area contributed by atoms with Crippen LogP contribution in [0.3, 0.4) is 0 Å². The monoisotopic (exact) mass is 275 g/mol. The van der Waals surface area contributed by atoms with E-state index in [-0.39, 0.29) is 5.82 Å². The molecule has 0 spiro atoms. The van der Waals surface area contributed by atoms with Crippen LogP contribution < -0.4 is 5.32 Å². The molecule has 2 saturated carbocycles. The molecule has 4 atom stereocenters. The Balaban J connectivity index is 1.60. The van der Waals surface area contributed by atoms with E-state index < -0.39 is 0 Å². The number of hydrogen-bond donors (Lipinski definition) is 1. The predicted molar refractivity (Wildman–Crippen MR) is 81.1 cm³/mol. The third kappa shape index (κ3) is 3.22. The van der Waals surface area contributed by atoms with Gasteiger partial charge in [-0.15, -0.1) is 0 Å². The van der Waals surface area contributed by atoms with Gasteiger partial charge >= 0.3 is 0 Å². The lowest BCUT2D eigenvalue weighted by atomic mass is 9.83. The molecule has 2 heteroatoms. The Labute approximate surface area is 122 Å². The Morgan fingerprint density at radius 3 is 2.85 bits per heavy atom. The summed E-state index contributed by atoms with van der Waals surface area (Å²) in [5.41, 5.74) is 1.12. The van der Waals surface area contributed by atoms with Crippen molar-refractivity contribution in [2.45, 2.75) is 51.5 Å². The SMILES string of the molecule is CCNC(Cc1cccc(F)c1)CC1CC2CCC1C2. The van der Waals surface area contributed by atoms with Crippen molar-refractivity contribution in [1.82, 2.24) is 5.32 Å². The molecule has 1 N–H and O–H groups in total. The van der Waals surface area contributed by atoms with Gasteiger partial charge in [-0.3, -0.25) is 0 Å². The number of hydrogen-bond acceptors (Lipinski definition) is 1. The Hall–Kier alpha value is -0.890. The van der Waals surface area contributed by atoms with Gasteiger partial charge in [-0.05, 0) is 74.1 Å². The van der Waals surface area contributed by atoms with Crippen LogP contribution in [-0.4, -0.2) is 12.6 Å². The van der Waals surface area contributed by atoms with Crippen molar-refractivity contribution in [2.24, 2.45) is 17.8 Å². The molecule has 0 radical (unpaired) electrons. The fraction of sp³-hybridized carbons (Fsp3) is 0.667. The highest BCUT2D eigenvalue weighted by Gasteiger charge is 2.39. The topological polar surface area (TPSA) is 12.0 Å². The maximum atomic E-state index is 13.3. The molecule has 1 nitrogen and oxygen atoms in total. The Kier molecular flexibility index (Phi) is 4.40. The van der Waals surface area contributed by atoms with Gasteiger partial charge in [-0.2, -0.15) is 0 Å². The molecule has 4 unspecified atom stereocenters. The number of benzene rings is 1. The van der Waals surface area contributed by atoms with Gasteiger partial charge in [0.1, 0.15) is 5.82 Å². The van der Waals surface area contributed by atoms with Gasteiger partial charge in [-0.25, -0.2) is 4.39 Å². The van der Waals surface area contributed by atoms with E-state index in [1.54, 1.807) is 6.07 Å². The lowest BCUT2D eigenvalue weighted by Gasteiger charge is -2.27. The van der Waals surface area contributed by atoms with Crippen LogP contribution in [0.15, 0.2) is 24.3 Å². The summed E-state index contributed by atoms with van der Waals surface area (Å²) in [4.78, 5) is 0. The smallest absolute Gasteiger partial charge is 0.123 e. The van der Waals surface area contributed by atoms with Gasteiger partial charge in [0.2, 0.25) is 0 Å². The largest absolute Gasteiger partial charge is 0.314 e. The quantitative estimate of drug-likeness (QED) is 0.821. The zero-order chi connectivity index (χ0) is 13.9. The molecule has 3 rings (SSSR count). The molecule has 0 aliphatic heterocycles. The Bertz CT molecular complexity index is 445. The maximum Gasteiger partial charge on any atom is 0.123 e. The number of rotatable bonds is 6. The third-order valence-corrected chi connectivity index (χ3v) is 5.34. The lowest BCUT2D eigenvalue weighted by molar-refractivity contribution is 0.278. The first-order chi connectivity index (χ1) is 9.74. The number of nitrogens with one attached hydrogen (secondary N) is 1. The first-order valence-electron chi connectivity index (χ1n) is 8.22. The summed E-state index contributed by atoms with van der Waals surface area (Å²) in [6.45, 7) is 3.17. The third-order valence-electron chi connectivity index (χ3n) is 5.34. The summed E-state index contributed by atoms with van der Waals surface area (Å²) in [5.74, 6) is 2.79. The van der Waals surface area contributed by atoms with Crippen molar-refractivity contribution >= 4 is 0 Å². The molecular weight excluding hydrogens is 249 g/mol. The summed E-state index contributed by atoms with van der Waals surface area (Å²) in [6.07, 6.45) is 8.06. The number of likely N-dealkylation sites (N-methyl/N-ethyl adjacent to an activating group) is 1. The van der Waals surface area contributed by atoms with Crippen molar-refractivity contribution in [3.63, 3.8) is 0 Å². The van der Waals surface area contributed by atoms with E-state index in [1.165, 1.54) is 38.2 Å². The highest BCUT2D eigenvalue weighted by atomic mass is 19.1. The summed E-state index contributed by atoms with van der Waals surface area (Å²) in [7, 11) is 0. The van der Waals surface area contributed by atoms with Crippen molar-refractivity contribution in [2.75, 3.05) is 6.54 Å². The molecule has 2 aliphatic carbocycles. The first-order valence-corrected chi connectivity index (χ1v) is 8.22. The molecule has 2 fully saturated rings. The van der Waals surface area contributed by atoms with E-state index in [2.05, 4.69) is 12.2 Å². The summed E-state index contributed by atoms with van der Waals surface area (Å²) < 4.78 is 13.3. The molecule has 0 heterocycles. The van der Waals surface area contributed by atoms with Crippen LogP contribution in [0.1, 0.15) is 44.6 Å². The molecule has 1 aromatic carbocycles. The molecule has 0 aromatic heterocycles. The normalized spacial score (nSPS) is 29.8. The lowest BCUT2D eigenvalue weighted by Crippen LogP contribution is -2.34. The van der Waals surface area contributed by atoms with Crippen molar-refractivity contribution in [3.05, 3.63) is 35.6 Å². The molecule has 2 aliphatic rings. The Morgan fingerprint density at radius 2 is 2.20 bits per heavy atom. The van der Waals surface area contributed by atoms with Gasteiger partial charge in [-0.1, -0.05) is 25.5 Å². The van der Waals surface area contributed by atoms with E-state index in [9.17, 15) is 4.39 Å². The van der Waals surface area contributed by atoms with E-state index in [1.807, 2.05) is 12.1 Å². The van der Waals surface area contributed by atoms with Crippen LogP contribution in [0.4, 0.5) is 4.39 Å². The average molecular weight is 275 g/mol. The molecule has 20 heavy (non-hydrogen) atoms. The van der Waals surface area contributed by atoms with Crippen LogP contribution in [0.25, 0.3) is 0 Å². The maximum absolute atomic E-state index is 13.3. The van der Waals surface area contributed by atoms with Gasteiger partial charge in [0.25, 0.3) is 0 Å². The molecule has 0 amide bonds. The average Bonchev–Trinajstić information content (AvgIpc) is 3.01. The predicted octanol–water partition coefficient (Wildman–Crippen LogP) is 4.17. The standard InChI is InChI=1S/C18H26FN/c1-2-20-18(11-13-4-3-5-17(19)10-13)12-16-9-14-6-7-15(16)8-14/h3-5,10,14-16,18,20H,2,6-9,11-12H2,1H3. The van der Waals surface area contributed by atoms with Crippen molar-refractivity contribution in [1.29, 1.82) is 0 Å². The van der Waals surface area contributed by atoms with Crippen LogP contribution >= 0.6 is 0 Å². The summed E-state index contributed by atoms with van der Waals surface area (Å²) in [6, 6.07) is 7.60. The van der Waals surface area contributed by atoms with E-state index >= 15 is 0 Å². The highest BCUT2D eigenvalue weighted by Crippen LogP contribution is 2.49. The van der Waals surface area contributed by atoms with Crippen molar-refractivity contribution < 1.29 is 4.39 Å². The fourth-order valence-electron chi connectivity index (χ4n) is 4.51.